The number of carbonyl (C=O) groups is 1. The second-order valence-electron chi connectivity index (χ2n) is 6.52. The number of aromatic nitrogens is 3. The first-order valence-corrected chi connectivity index (χ1v) is 9.58. The van der Waals surface area contributed by atoms with Crippen LogP contribution in [0.25, 0.3) is 10.2 Å². The molecule has 8 heteroatoms. The molecule has 0 aliphatic carbocycles. The standard InChI is InChI=1S/C18H22ClN5OS/c1-12-10-15(21-23(12)4)17(25)24(9-5-8-22(2)3)18-20-14-7-6-13(19)11-16(14)26-18/h6-7,10-11H,5,8-9H2,1-4H3. The maximum atomic E-state index is 13.1. The van der Waals surface area contributed by atoms with Gasteiger partial charge in [-0.1, -0.05) is 22.9 Å². The van der Waals surface area contributed by atoms with Gasteiger partial charge in [0, 0.05) is 24.3 Å². The Morgan fingerprint density at radius 3 is 2.69 bits per heavy atom. The van der Waals surface area contributed by atoms with Crippen LogP contribution in [0.15, 0.2) is 24.3 Å². The number of fused-ring (bicyclic) bond motifs is 1. The Balaban J connectivity index is 1.94. The van der Waals surface area contributed by atoms with Gasteiger partial charge in [0.2, 0.25) is 0 Å². The monoisotopic (exact) mass is 391 g/mol. The van der Waals surface area contributed by atoms with Crippen LogP contribution in [-0.4, -0.2) is 52.8 Å². The van der Waals surface area contributed by atoms with Gasteiger partial charge in [0.25, 0.3) is 5.91 Å². The number of hydrogen-bond donors (Lipinski definition) is 0. The zero-order valence-electron chi connectivity index (χ0n) is 15.4. The SMILES string of the molecule is Cc1cc(C(=O)N(CCCN(C)C)c2nc3ccc(Cl)cc3s2)nn1C. The number of amides is 1. The molecule has 26 heavy (non-hydrogen) atoms. The van der Waals surface area contributed by atoms with E-state index in [0.29, 0.717) is 22.4 Å². The van der Waals surface area contributed by atoms with E-state index in [4.69, 9.17) is 11.6 Å². The third-order valence-corrected chi connectivity index (χ3v) is 5.41. The summed E-state index contributed by atoms with van der Waals surface area (Å²) >= 11 is 7.56. The summed E-state index contributed by atoms with van der Waals surface area (Å²) in [5.74, 6) is -0.127. The minimum atomic E-state index is -0.127. The molecule has 0 N–H and O–H groups in total. The minimum absolute atomic E-state index is 0.127. The molecule has 138 valence electrons. The Kier molecular flexibility index (Phi) is 5.60. The van der Waals surface area contributed by atoms with Crippen molar-refractivity contribution >= 4 is 44.2 Å². The number of aryl methyl sites for hydroxylation is 2. The Hall–Kier alpha value is -1.96. The van der Waals surface area contributed by atoms with Crippen molar-refractivity contribution in [3.05, 3.63) is 40.7 Å². The molecular formula is C18H22ClN5OS. The van der Waals surface area contributed by atoms with Crippen LogP contribution >= 0.6 is 22.9 Å². The number of rotatable bonds is 6. The van der Waals surface area contributed by atoms with E-state index in [0.717, 1.165) is 28.9 Å². The summed E-state index contributed by atoms with van der Waals surface area (Å²) in [7, 11) is 5.88. The predicted octanol–water partition coefficient (Wildman–Crippen LogP) is 3.59. The van der Waals surface area contributed by atoms with Gasteiger partial charge in [-0.15, -0.1) is 0 Å². The molecule has 1 amide bonds. The molecule has 0 saturated heterocycles. The lowest BCUT2D eigenvalue weighted by Crippen LogP contribution is -2.33. The fraction of sp³-hybridized carbons (Fsp3) is 0.389. The Morgan fingerprint density at radius 2 is 2.04 bits per heavy atom. The molecule has 0 aliphatic heterocycles. The number of thiazole rings is 1. The van der Waals surface area contributed by atoms with E-state index in [1.807, 2.05) is 52.3 Å². The average Bonchev–Trinajstić information content (AvgIpc) is 3.14. The van der Waals surface area contributed by atoms with Crippen LogP contribution in [-0.2, 0) is 7.05 Å². The highest BCUT2D eigenvalue weighted by atomic mass is 35.5. The van der Waals surface area contributed by atoms with Crippen LogP contribution in [0.5, 0.6) is 0 Å². The molecule has 3 aromatic rings. The quantitative estimate of drug-likeness (QED) is 0.644. The average molecular weight is 392 g/mol. The first-order chi connectivity index (χ1) is 12.3. The summed E-state index contributed by atoms with van der Waals surface area (Å²) in [6.45, 7) is 3.40. The van der Waals surface area contributed by atoms with E-state index < -0.39 is 0 Å². The zero-order valence-corrected chi connectivity index (χ0v) is 16.9. The summed E-state index contributed by atoms with van der Waals surface area (Å²) in [5.41, 5.74) is 2.22. The normalized spacial score (nSPS) is 11.5. The van der Waals surface area contributed by atoms with E-state index >= 15 is 0 Å². The Morgan fingerprint density at radius 1 is 1.27 bits per heavy atom. The number of nitrogens with zero attached hydrogens (tertiary/aromatic N) is 5. The topological polar surface area (TPSA) is 54.3 Å². The van der Waals surface area contributed by atoms with Crippen LogP contribution < -0.4 is 4.90 Å². The smallest absolute Gasteiger partial charge is 0.280 e. The first kappa shape index (κ1) is 18.8. The van der Waals surface area contributed by atoms with Crippen molar-refractivity contribution in [2.75, 3.05) is 32.1 Å². The van der Waals surface area contributed by atoms with Gasteiger partial charge in [0.1, 0.15) is 0 Å². The molecule has 0 saturated carbocycles. The molecule has 0 unspecified atom stereocenters. The molecule has 0 aliphatic rings. The lowest BCUT2D eigenvalue weighted by molar-refractivity contribution is 0.0980. The Labute approximate surface area is 162 Å². The molecule has 1 aromatic carbocycles. The van der Waals surface area contributed by atoms with E-state index in [9.17, 15) is 4.79 Å². The van der Waals surface area contributed by atoms with Gasteiger partial charge in [0.05, 0.1) is 10.2 Å². The summed E-state index contributed by atoms with van der Waals surface area (Å²) in [6.07, 6.45) is 0.848. The van der Waals surface area contributed by atoms with Crippen molar-refractivity contribution in [3.8, 4) is 0 Å². The van der Waals surface area contributed by atoms with Crippen molar-refractivity contribution < 1.29 is 4.79 Å². The van der Waals surface area contributed by atoms with Gasteiger partial charge in [-0.25, -0.2) is 4.98 Å². The predicted molar refractivity (Wildman–Crippen MR) is 107 cm³/mol. The van der Waals surface area contributed by atoms with Crippen LogP contribution in [0.4, 0.5) is 5.13 Å². The van der Waals surface area contributed by atoms with E-state index in [1.165, 1.54) is 11.3 Å². The van der Waals surface area contributed by atoms with Gasteiger partial charge >= 0.3 is 0 Å². The minimum Gasteiger partial charge on any atom is -0.309 e. The van der Waals surface area contributed by atoms with Crippen molar-refractivity contribution in [3.63, 3.8) is 0 Å². The van der Waals surface area contributed by atoms with E-state index in [2.05, 4.69) is 15.0 Å². The molecule has 6 nitrogen and oxygen atoms in total. The van der Waals surface area contributed by atoms with Gasteiger partial charge < -0.3 is 4.90 Å². The molecule has 3 rings (SSSR count). The molecule has 0 atom stereocenters. The number of benzene rings is 1. The number of carbonyl (C=O) groups excluding carboxylic acids is 1. The van der Waals surface area contributed by atoms with Crippen molar-refractivity contribution in [1.82, 2.24) is 19.7 Å². The highest BCUT2D eigenvalue weighted by Gasteiger charge is 2.23. The van der Waals surface area contributed by atoms with Crippen molar-refractivity contribution in [2.45, 2.75) is 13.3 Å². The molecule has 0 fully saturated rings. The third kappa shape index (κ3) is 4.06. The largest absolute Gasteiger partial charge is 0.309 e. The van der Waals surface area contributed by atoms with E-state index in [-0.39, 0.29) is 5.91 Å². The van der Waals surface area contributed by atoms with Gasteiger partial charge in [-0.3, -0.25) is 14.4 Å². The second-order valence-corrected chi connectivity index (χ2v) is 7.96. The number of anilines is 1. The summed E-state index contributed by atoms with van der Waals surface area (Å²) in [4.78, 5) is 21.6. The summed E-state index contributed by atoms with van der Waals surface area (Å²) in [5, 5.41) is 5.68. The zero-order chi connectivity index (χ0) is 18.8. The molecule has 0 radical (unpaired) electrons. The number of hydrogen-bond acceptors (Lipinski definition) is 5. The fourth-order valence-electron chi connectivity index (χ4n) is 2.63. The van der Waals surface area contributed by atoms with Gasteiger partial charge in [-0.05, 0) is 58.3 Å². The first-order valence-electron chi connectivity index (χ1n) is 8.38. The fourth-order valence-corrected chi connectivity index (χ4v) is 3.90. The lowest BCUT2D eigenvalue weighted by Gasteiger charge is -2.20. The lowest BCUT2D eigenvalue weighted by atomic mass is 10.3. The molecule has 2 heterocycles. The number of halogens is 1. The van der Waals surface area contributed by atoms with Crippen LogP contribution in [0.1, 0.15) is 22.6 Å². The van der Waals surface area contributed by atoms with Crippen LogP contribution in [0, 0.1) is 6.92 Å². The summed E-state index contributed by atoms with van der Waals surface area (Å²) in [6, 6.07) is 7.38. The molecular weight excluding hydrogens is 370 g/mol. The van der Waals surface area contributed by atoms with Crippen molar-refractivity contribution in [2.24, 2.45) is 7.05 Å². The molecule has 0 spiro atoms. The highest BCUT2D eigenvalue weighted by Crippen LogP contribution is 2.31. The Bertz CT molecular complexity index is 913. The summed E-state index contributed by atoms with van der Waals surface area (Å²) < 4.78 is 2.68. The van der Waals surface area contributed by atoms with Gasteiger partial charge in [-0.2, -0.15) is 5.10 Å². The van der Waals surface area contributed by atoms with Gasteiger partial charge in [0.15, 0.2) is 10.8 Å². The van der Waals surface area contributed by atoms with Crippen molar-refractivity contribution in [1.29, 1.82) is 0 Å². The second kappa shape index (κ2) is 7.73. The maximum absolute atomic E-state index is 13.1. The molecule has 0 bridgehead atoms. The highest BCUT2D eigenvalue weighted by molar-refractivity contribution is 7.22. The van der Waals surface area contributed by atoms with Crippen LogP contribution in [0.3, 0.4) is 0 Å². The van der Waals surface area contributed by atoms with E-state index in [1.54, 1.807) is 9.58 Å². The third-order valence-electron chi connectivity index (χ3n) is 4.14. The van der Waals surface area contributed by atoms with Crippen LogP contribution in [0.2, 0.25) is 5.02 Å². The maximum Gasteiger partial charge on any atom is 0.280 e. The molecule has 2 aromatic heterocycles.